The summed E-state index contributed by atoms with van der Waals surface area (Å²) in [7, 11) is 0. The molecule has 0 aromatic rings. The fourth-order valence-electron chi connectivity index (χ4n) is 3.62. The van der Waals surface area contributed by atoms with Crippen LogP contribution in [0.15, 0.2) is 0 Å². The summed E-state index contributed by atoms with van der Waals surface area (Å²) < 4.78 is 0. The Labute approximate surface area is 80.5 Å². The summed E-state index contributed by atoms with van der Waals surface area (Å²) in [4.78, 5) is 2.68. The third-order valence-electron chi connectivity index (χ3n) is 4.64. The molecule has 74 valence electrons. The minimum atomic E-state index is 0.459. The van der Waals surface area contributed by atoms with Crippen LogP contribution in [0.2, 0.25) is 0 Å². The van der Waals surface area contributed by atoms with Crippen molar-refractivity contribution in [3.05, 3.63) is 0 Å². The first-order valence-corrected chi connectivity index (χ1v) is 5.82. The number of fused-ring (bicyclic) bond motifs is 1. The molecule has 0 bridgehead atoms. The molecular formula is C11H20N2. The predicted molar refractivity (Wildman–Crippen MR) is 53.4 cm³/mol. The summed E-state index contributed by atoms with van der Waals surface area (Å²) in [6.07, 6.45) is 7.17. The molecule has 2 aliphatic carbocycles. The van der Waals surface area contributed by atoms with Gasteiger partial charge in [-0.15, -0.1) is 0 Å². The third-order valence-corrected chi connectivity index (χ3v) is 4.64. The number of rotatable bonds is 2. The Hall–Kier alpha value is -0.0800. The number of nitrogens with two attached hydrogens (primary N) is 1. The average Bonchev–Trinajstić information content (AvgIpc) is 2.80. The zero-order chi connectivity index (χ0) is 8.89. The highest BCUT2D eigenvalue weighted by Gasteiger charge is 2.57. The van der Waals surface area contributed by atoms with Gasteiger partial charge in [0, 0.05) is 12.1 Å². The van der Waals surface area contributed by atoms with E-state index >= 15 is 0 Å². The number of hydrogen-bond acceptors (Lipinski definition) is 2. The molecule has 0 amide bonds. The van der Waals surface area contributed by atoms with Crippen LogP contribution in [-0.2, 0) is 0 Å². The van der Waals surface area contributed by atoms with Crippen LogP contribution in [-0.4, -0.2) is 30.1 Å². The molecule has 0 spiro atoms. The van der Waals surface area contributed by atoms with Gasteiger partial charge < -0.3 is 5.73 Å². The molecule has 1 heterocycles. The van der Waals surface area contributed by atoms with Gasteiger partial charge in [0.1, 0.15) is 0 Å². The van der Waals surface area contributed by atoms with Gasteiger partial charge in [0.2, 0.25) is 0 Å². The summed E-state index contributed by atoms with van der Waals surface area (Å²) in [5.41, 5.74) is 6.48. The maximum Gasteiger partial charge on any atom is 0.0362 e. The first-order chi connectivity index (χ1) is 6.37. The van der Waals surface area contributed by atoms with Crippen molar-refractivity contribution in [2.75, 3.05) is 19.6 Å². The van der Waals surface area contributed by atoms with Crippen LogP contribution in [0.25, 0.3) is 0 Å². The molecule has 3 rings (SSSR count). The molecule has 1 saturated heterocycles. The molecular weight excluding hydrogens is 160 g/mol. The fourth-order valence-corrected chi connectivity index (χ4v) is 3.62. The van der Waals surface area contributed by atoms with Gasteiger partial charge in [-0.25, -0.2) is 0 Å². The minimum Gasteiger partial charge on any atom is -0.329 e. The first kappa shape index (κ1) is 8.25. The highest BCUT2D eigenvalue weighted by molar-refractivity contribution is 5.11. The van der Waals surface area contributed by atoms with Gasteiger partial charge in [-0.1, -0.05) is 12.8 Å². The second-order valence-corrected chi connectivity index (χ2v) is 5.14. The Morgan fingerprint density at radius 3 is 2.77 bits per heavy atom. The van der Waals surface area contributed by atoms with E-state index < -0.39 is 0 Å². The van der Waals surface area contributed by atoms with Gasteiger partial charge in [0.05, 0.1) is 0 Å². The largest absolute Gasteiger partial charge is 0.329 e. The summed E-state index contributed by atoms with van der Waals surface area (Å²) in [5.74, 6) is 2.03. The molecule has 0 aromatic heterocycles. The second kappa shape index (κ2) is 2.71. The van der Waals surface area contributed by atoms with E-state index in [0.717, 1.165) is 18.4 Å². The Morgan fingerprint density at radius 2 is 2.15 bits per heavy atom. The monoisotopic (exact) mass is 180 g/mol. The normalized spacial score (nSPS) is 49.6. The van der Waals surface area contributed by atoms with Gasteiger partial charge in [0.25, 0.3) is 0 Å². The summed E-state index contributed by atoms with van der Waals surface area (Å²) >= 11 is 0. The number of hydrogen-bond donors (Lipinski definition) is 1. The van der Waals surface area contributed by atoms with E-state index in [1.807, 2.05) is 0 Å². The molecule has 13 heavy (non-hydrogen) atoms. The van der Waals surface area contributed by atoms with Crippen molar-refractivity contribution >= 4 is 0 Å². The van der Waals surface area contributed by atoms with Crippen LogP contribution < -0.4 is 5.73 Å². The summed E-state index contributed by atoms with van der Waals surface area (Å²) in [5, 5.41) is 0. The zero-order valence-corrected chi connectivity index (χ0v) is 8.34. The maximum atomic E-state index is 6.02. The first-order valence-electron chi connectivity index (χ1n) is 5.82. The van der Waals surface area contributed by atoms with E-state index in [0.29, 0.717) is 5.54 Å². The lowest BCUT2D eigenvalue weighted by molar-refractivity contribution is -0.00384. The second-order valence-electron chi connectivity index (χ2n) is 5.14. The molecule has 2 saturated carbocycles. The lowest BCUT2D eigenvalue weighted by atomic mass is 9.78. The molecule has 1 aliphatic heterocycles. The van der Waals surface area contributed by atoms with Crippen LogP contribution >= 0.6 is 0 Å². The van der Waals surface area contributed by atoms with Gasteiger partial charge >= 0.3 is 0 Å². The molecule has 3 aliphatic rings. The molecule has 3 atom stereocenters. The van der Waals surface area contributed by atoms with Crippen molar-refractivity contribution in [1.82, 2.24) is 4.90 Å². The molecule has 3 fully saturated rings. The Morgan fingerprint density at radius 1 is 1.31 bits per heavy atom. The minimum absolute atomic E-state index is 0.459. The van der Waals surface area contributed by atoms with E-state index in [-0.39, 0.29) is 0 Å². The highest BCUT2D eigenvalue weighted by atomic mass is 15.3. The van der Waals surface area contributed by atoms with E-state index in [1.165, 1.54) is 45.2 Å². The topological polar surface area (TPSA) is 29.3 Å². The van der Waals surface area contributed by atoms with Gasteiger partial charge in [-0.05, 0) is 44.2 Å². The molecule has 0 aromatic carbocycles. The lowest BCUT2D eigenvalue weighted by Crippen LogP contribution is -2.61. The fraction of sp³-hybridized carbons (Fsp3) is 1.00. The van der Waals surface area contributed by atoms with Crippen LogP contribution in [0.1, 0.15) is 32.1 Å². The molecule has 0 radical (unpaired) electrons. The SMILES string of the molecule is NCC1(N2CCC2)CCCC2CC21. The average molecular weight is 180 g/mol. The molecule has 2 heteroatoms. The third kappa shape index (κ3) is 1.02. The quantitative estimate of drug-likeness (QED) is 0.692. The van der Waals surface area contributed by atoms with Crippen molar-refractivity contribution in [2.24, 2.45) is 17.6 Å². The van der Waals surface area contributed by atoms with Crippen molar-refractivity contribution in [3.8, 4) is 0 Å². The van der Waals surface area contributed by atoms with Crippen LogP contribution in [0, 0.1) is 11.8 Å². The number of nitrogens with zero attached hydrogens (tertiary/aromatic N) is 1. The maximum absolute atomic E-state index is 6.02. The molecule has 2 nitrogen and oxygen atoms in total. The predicted octanol–water partition coefficient (Wildman–Crippen LogP) is 1.21. The van der Waals surface area contributed by atoms with Crippen LogP contribution in [0.3, 0.4) is 0 Å². The Bertz CT molecular complexity index is 208. The lowest BCUT2D eigenvalue weighted by Gasteiger charge is -2.51. The van der Waals surface area contributed by atoms with E-state index in [9.17, 15) is 0 Å². The van der Waals surface area contributed by atoms with Gasteiger partial charge in [-0.3, -0.25) is 4.90 Å². The van der Waals surface area contributed by atoms with Gasteiger partial charge in [-0.2, -0.15) is 0 Å². The van der Waals surface area contributed by atoms with Gasteiger partial charge in [0.15, 0.2) is 0 Å². The summed E-state index contributed by atoms with van der Waals surface area (Å²) in [6.45, 7) is 3.55. The standard InChI is InChI=1S/C11H20N2/c12-8-11(13-5-2-6-13)4-1-3-9-7-10(9)11/h9-10H,1-8,12H2. The van der Waals surface area contributed by atoms with E-state index in [4.69, 9.17) is 5.73 Å². The zero-order valence-electron chi connectivity index (χ0n) is 8.34. The Kier molecular flexibility index (Phi) is 1.72. The highest BCUT2D eigenvalue weighted by Crippen LogP contribution is 2.57. The van der Waals surface area contributed by atoms with Crippen LogP contribution in [0.4, 0.5) is 0 Å². The molecule has 2 N–H and O–H groups in total. The summed E-state index contributed by atoms with van der Waals surface area (Å²) in [6, 6.07) is 0. The molecule has 3 unspecified atom stereocenters. The van der Waals surface area contributed by atoms with Crippen molar-refractivity contribution in [3.63, 3.8) is 0 Å². The van der Waals surface area contributed by atoms with Crippen molar-refractivity contribution in [1.29, 1.82) is 0 Å². The Balaban J connectivity index is 1.81. The smallest absolute Gasteiger partial charge is 0.0362 e. The van der Waals surface area contributed by atoms with Crippen molar-refractivity contribution in [2.45, 2.75) is 37.6 Å². The number of likely N-dealkylation sites (tertiary alicyclic amines) is 1. The van der Waals surface area contributed by atoms with Crippen molar-refractivity contribution < 1.29 is 0 Å². The van der Waals surface area contributed by atoms with E-state index in [1.54, 1.807) is 0 Å². The van der Waals surface area contributed by atoms with Crippen LogP contribution in [0.5, 0.6) is 0 Å². The van der Waals surface area contributed by atoms with E-state index in [2.05, 4.69) is 4.90 Å².